The Morgan fingerprint density at radius 3 is 2.65 bits per heavy atom. The van der Waals surface area contributed by atoms with Crippen LogP contribution in [0.25, 0.3) is 0 Å². The molecule has 112 valence electrons. The normalized spacial score (nSPS) is 24.4. The molecule has 0 aliphatic carbocycles. The van der Waals surface area contributed by atoms with E-state index in [2.05, 4.69) is 71.9 Å². The highest BCUT2D eigenvalue weighted by atomic mass is 79.9. The van der Waals surface area contributed by atoms with Gasteiger partial charge in [0.05, 0.1) is 0 Å². The van der Waals surface area contributed by atoms with Crippen molar-refractivity contribution in [2.75, 3.05) is 32.1 Å². The summed E-state index contributed by atoms with van der Waals surface area (Å²) in [5.74, 6) is 0.687. The summed E-state index contributed by atoms with van der Waals surface area (Å²) in [6, 6.07) is 7.37. The molecule has 1 saturated heterocycles. The number of hydrogen-bond acceptors (Lipinski definition) is 3. The van der Waals surface area contributed by atoms with Crippen LogP contribution in [0, 0.1) is 5.92 Å². The first-order chi connectivity index (χ1) is 9.38. The zero-order chi connectivity index (χ0) is 14.9. The van der Waals surface area contributed by atoms with E-state index in [-0.39, 0.29) is 6.04 Å². The quantitative estimate of drug-likeness (QED) is 0.915. The smallest absolute Gasteiger partial charge is 0.0411 e. The van der Waals surface area contributed by atoms with Crippen molar-refractivity contribution >= 4 is 21.6 Å². The number of anilines is 1. The number of nitrogens with zero attached hydrogens (tertiary/aromatic N) is 2. The fraction of sp³-hybridized carbons (Fsp3) is 0.625. The van der Waals surface area contributed by atoms with Gasteiger partial charge in [0.25, 0.3) is 0 Å². The summed E-state index contributed by atoms with van der Waals surface area (Å²) < 4.78 is 1.14. The molecule has 1 aliphatic heterocycles. The molecule has 2 N–H and O–H groups in total. The maximum Gasteiger partial charge on any atom is 0.0411 e. The van der Waals surface area contributed by atoms with Crippen LogP contribution in [0.3, 0.4) is 0 Å². The van der Waals surface area contributed by atoms with Gasteiger partial charge in [-0.3, -0.25) is 0 Å². The van der Waals surface area contributed by atoms with Gasteiger partial charge in [-0.1, -0.05) is 28.9 Å². The molecule has 4 heteroatoms. The molecular formula is C16H26BrN3. The summed E-state index contributed by atoms with van der Waals surface area (Å²) in [4.78, 5) is 4.85. The fourth-order valence-electron chi connectivity index (χ4n) is 3.17. The van der Waals surface area contributed by atoms with E-state index in [1.807, 2.05) is 0 Å². The van der Waals surface area contributed by atoms with Crippen molar-refractivity contribution in [1.82, 2.24) is 4.90 Å². The molecule has 0 bridgehead atoms. The van der Waals surface area contributed by atoms with Gasteiger partial charge in [0.2, 0.25) is 0 Å². The van der Waals surface area contributed by atoms with Crippen molar-refractivity contribution in [3.05, 3.63) is 28.2 Å². The van der Waals surface area contributed by atoms with Gasteiger partial charge in [0.1, 0.15) is 0 Å². The minimum absolute atomic E-state index is 0.194. The number of nitrogens with two attached hydrogens (primary N) is 1. The number of halogens is 1. The second kappa shape index (κ2) is 6.46. The van der Waals surface area contributed by atoms with Crippen molar-refractivity contribution in [2.45, 2.75) is 32.4 Å². The Hall–Kier alpha value is -0.580. The van der Waals surface area contributed by atoms with Crippen LogP contribution in [-0.2, 0) is 6.42 Å². The summed E-state index contributed by atoms with van der Waals surface area (Å²) in [7, 11) is 4.35. The van der Waals surface area contributed by atoms with Gasteiger partial charge in [-0.05, 0) is 51.1 Å². The van der Waals surface area contributed by atoms with Gasteiger partial charge >= 0.3 is 0 Å². The second-order valence-electron chi connectivity index (χ2n) is 6.37. The fourth-order valence-corrected chi connectivity index (χ4v) is 3.52. The Bertz CT molecular complexity index is 459. The summed E-state index contributed by atoms with van der Waals surface area (Å²) in [5, 5.41) is 0. The lowest BCUT2D eigenvalue weighted by molar-refractivity contribution is 0.266. The number of likely N-dealkylation sites (N-methyl/N-ethyl adjacent to an activating group) is 1. The van der Waals surface area contributed by atoms with E-state index >= 15 is 0 Å². The van der Waals surface area contributed by atoms with Crippen LogP contribution in [0.4, 0.5) is 5.69 Å². The largest absolute Gasteiger partial charge is 0.369 e. The molecule has 3 atom stereocenters. The van der Waals surface area contributed by atoms with Gasteiger partial charge in [0, 0.05) is 35.3 Å². The second-order valence-corrected chi connectivity index (χ2v) is 7.28. The summed E-state index contributed by atoms with van der Waals surface area (Å²) in [6.45, 7) is 6.62. The van der Waals surface area contributed by atoms with E-state index in [1.54, 1.807) is 0 Å². The SMILES string of the molecule is CC(N)Cc1ccc(Br)cc1N1CC(C)C(N(C)C)C1. The molecule has 2 rings (SSSR count). The van der Waals surface area contributed by atoms with E-state index in [0.29, 0.717) is 12.0 Å². The lowest BCUT2D eigenvalue weighted by Crippen LogP contribution is -2.34. The van der Waals surface area contributed by atoms with Crippen LogP contribution in [-0.4, -0.2) is 44.2 Å². The van der Waals surface area contributed by atoms with E-state index in [9.17, 15) is 0 Å². The van der Waals surface area contributed by atoms with Crippen LogP contribution < -0.4 is 10.6 Å². The maximum absolute atomic E-state index is 5.99. The zero-order valence-electron chi connectivity index (χ0n) is 12.9. The van der Waals surface area contributed by atoms with Gasteiger partial charge in [-0.2, -0.15) is 0 Å². The lowest BCUT2D eigenvalue weighted by Gasteiger charge is -2.25. The molecule has 0 amide bonds. The highest BCUT2D eigenvalue weighted by Gasteiger charge is 2.32. The summed E-state index contributed by atoms with van der Waals surface area (Å²) >= 11 is 3.60. The van der Waals surface area contributed by atoms with Crippen LogP contribution in [0.15, 0.2) is 22.7 Å². The number of hydrogen-bond donors (Lipinski definition) is 1. The third kappa shape index (κ3) is 3.54. The molecule has 3 unspecified atom stereocenters. The Morgan fingerprint density at radius 2 is 2.10 bits per heavy atom. The molecule has 1 fully saturated rings. The van der Waals surface area contributed by atoms with Crippen molar-refractivity contribution in [1.29, 1.82) is 0 Å². The van der Waals surface area contributed by atoms with Crippen molar-refractivity contribution < 1.29 is 0 Å². The van der Waals surface area contributed by atoms with E-state index in [1.165, 1.54) is 11.3 Å². The van der Waals surface area contributed by atoms with Gasteiger partial charge in [-0.25, -0.2) is 0 Å². The van der Waals surface area contributed by atoms with E-state index < -0.39 is 0 Å². The number of rotatable bonds is 4. The highest BCUT2D eigenvalue weighted by molar-refractivity contribution is 9.10. The monoisotopic (exact) mass is 339 g/mol. The molecule has 3 nitrogen and oxygen atoms in total. The Balaban J connectivity index is 2.26. The first kappa shape index (κ1) is 15.8. The Kier molecular flexibility index (Phi) is 5.10. The Morgan fingerprint density at radius 1 is 1.40 bits per heavy atom. The minimum atomic E-state index is 0.194. The third-order valence-corrected chi connectivity index (χ3v) is 4.66. The first-order valence-electron chi connectivity index (χ1n) is 7.34. The molecule has 1 aromatic rings. The minimum Gasteiger partial charge on any atom is -0.369 e. The molecule has 0 radical (unpaired) electrons. The van der Waals surface area contributed by atoms with Gasteiger partial charge in [-0.15, -0.1) is 0 Å². The standard InChI is InChI=1S/C16H26BrN3/c1-11-9-20(10-16(11)19(3)4)15-8-14(17)6-5-13(15)7-12(2)18/h5-6,8,11-12,16H,7,9-10,18H2,1-4H3. The first-order valence-corrected chi connectivity index (χ1v) is 8.13. The van der Waals surface area contributed by atoms with Crippen LogP contribution in [0.2, 0.25) is 0 Å². The molecular weight excluding hydrogens is 314 g/mol. The highest BCUT2D eigenvalue weighted by Crippen LogP contribution is 2.31. The van der Waals surface area contributed by atoms with E-state index in [0.717, 1.165) is 24.0 Å². The van der Waals surface area contributed by atoms with Crippen molar-refractivity contribution in [3.63, 3.8) is 0 Å². The molecule has 1 aliphatic rings. The van der Waals surface area contributed by atoms with Crippen molar-refractivity contribution in [2.24, 2.45) is 11.7 Å². The lowest BCUT2D eigenvalue weighted by atomic mass is 10.0. The van der Waals surface area contributed by atoms with Crippen LogP contribution >= 0.6 is 15.9 Å². The van der Waals surface area contributed by atoms with Gasteiger partial charge in [0.15, 0.2) is 0 Å². The molecule has 0 saturated carbocycles. The average Bonchev–Trinajstić information content (AvgIpc) is 2.73. The molecule has 1 heterocycles. The Labute approximate surface area is 131 Å². The van der Waals surface area contributed by atoms with Crippen molar-refractivity contribution in [3.8, 4) is 0 Å². The average molecular weight is 340 g/mol. The molecule has 20 heavy (non-hydrogen) atoms. The topological polar surface area (TPSA) is 32.5 Å². The molecule has 0 spiro atoms. The summed E-state index contributed by atoms with van der Waals surface area (Å²) in [6.07, 6.45) is 0.931. The van der Waals surface area contributed by atoms with Crippen LogP contribution in [0.5, 0.6) is 0 Å². The van der Waals surface area contributed by atoms with Crippen LogP contribution in [0.1, 0.15) is 19.4 Å². The third-order valence-electron chi connectivity index (χ3n) is 4.17. The summed E-state index contributed by atoms with van der Waals surface area (Å²) in [5.41, 5.74) is 8.69. The van der Waals surface area contributed by atoms with E-state index in [4.69, 9.17) is 5.73 Å². The van der Waals surface area contributed by atoms with Gasteiger partial charge < -0.3 is 15.5 Å². The molecule has 1 aromatic carbocycles. The predicted molar refractivity (Wildman–Crippen MR) is 90.3 cm³/mol. The number of benzene rings is 1. The maximum atomic E-state index is 5.99. The zero-order valence-corrected chi connectivity index (χ0v) is 14.5. The predicted octanol–water partition coefficient (Wildman–Crippen LogP) is 2.73. The molecule has 0 aromatic heterocycles.